The predicted molar refractivity (Wildman–Crippen MR) is 181 cm³/mol. The van der Waals surface area contributed by atoms with Crippen LogP contribution >= 0.6 is 0 Å². The van der Waals surface area contributed by atoms with Crippen molar-refractivity contribution in [3.63, 3.8) is 0 Å². The molecule has 0 spiro atoms. The molecule has 0 N–H and O–H groups in total. The minimum atomic E-state index is -0.0934. The van der Waals surface area contributed by atoms with Crippen LogP contribution in [-0.2, 0) is 31.9 Å². The van der Waals surface area contributed by atoms with Gasteiger partial charge in [0, 0.05) is 60.9 Å². The Balaban J connectivity index is 0.00000357. The summed E-state index contributed by atoms with van der Waals surface area (Å²) in [4.78, 5) is 9.11. The number of para-hydroxylation sites is 1. The van der Waals surface area contributed by atoms with Gasteiger partial charge in [-0.05, 0) is 53.8 Å². The summed E-state index contributed by atoms with van der Waals surface area (Å²) >= 11 is 0. The molecule has 1 aliphatic rings. The molecule has 7 rings (SSSR count). The maximum absolute atomic E-state index is 6.57. The normalized spacial score (nSPS) is 13.3. The predicted octanol–water partition coefficient (Wildman–Crippen LogP) is 9.87. The number of ether oxygens (including phenoxy) is 1. The second kappa shape index (κ2) is 11.4. The average Bonchev–Trinajstić information content (AvgIpc) is 3.51. The van der Waals surface area contributed by atoms with E-state index in [0.717, 1.165) is 44.7 Å². The molecule has 1 aliphatic heterocycles. The third-order valence-corrected chi connectivity index (χ3v) is 8.37. The van der Waals surface area contributed by atoms with Crippen LogP contribution < -0.4 is 14.5 Å². The summed E-state index contributed by atoms with van der Waals surface area (Å²) in [5.41, 5.74) is 8.50. The summed E-state index contributed by atoms with van der Waals surface area (Å²) in [5.74, 6) is 1.27. The van der Waals surface area contributed by atoms with Crippen molar-refractivity contribution in [1.82, 2.24) is 9.55 Å². The van der Waals surface area contributed by atoms with Gasteiger partial charge in [0.05, 0.1) is 5.52 Å². The summed E-state index contributed by atoms with van der Waals surface area (Å²) in [6.07, 6.45) is 1.84. The first-order chi connectivity index (χ1) is 21.0. The summed E-state index contributed by atoms with van der Waals surface area (Å²) in [6.45, 7) is 15.6. The minimum Gasteiger partial charge on any atom is -0.509 e. The van der Waals surface area contributed by atoms with Crippen molar-refractivity contribution in [3.8, 4) is 17.2 Å². The Bertz CT molecular complexity index is 1980. The fourth-order valence-electron chi connectivity index (χ4n) is 5.90. The van der Waals surface area contributed by atoms with E-state index in [1.165, 1.54) is 11.1 Å². The Morgan fingerprint density at radius 2 is 1.42 bits per heavy atom. The number of rotatable bonds is 4. The van der Waals surface area contributed by atoms with Gasteiger partial charge in [-0.15, -0.1) is 47.6 Å². The summed E-state index contributed by atoms with van der Waals surface area (Å²) in [5, 5.41) is 2.27. The van der Waals surface area contributed by atoms with Gasteiger partial charge >= 0.3 is 0 Å². The Morgan fingerprint density at radius 3 is 2.20 bits per heavy atom. The number of pyridine rings is 1. The molecule has 0 bridgehead atoms. The number of nitrogens with zero attached hydrogens (tertiary/aromatic N) is 4. The Morgan fingerprint density at radius 1 is 0.689 bits per heavy atom. The van der Waals surface area contributed by atoms with Crippen molar-refractivity contribution in [2.45, 2.75) is 52.4 Å². The fraction of sp³-hybridized carbons (Fsp3) is 0.231. The van der Waals surface area contributed by atoms with E-state index in [-0.39, 0.29) is 31.9 Å². The molecular formula is C39H37N4OPt-3. The van der Waals surface area contributed by atoms with E-state index in [1.54, 1.807) is 0 Å². The van der Waals surface area contributed by atoms with Crippen molar-refractivity contribution < 1.29 is 25.8 Å². The molecule has 5 nitrogen and oxygen atoms in total. The largest absolute Gasteiger partial charge is 0.509 e. The van der Waals surface area contributed by atoms with E-state index in [0.29, 0.717) is 11.5 Å². The number of hydrogen-bond acceptors (Lipinski definition) is 4. The van der Waals surface area contributed by atoms with Crippen LogP contribution in [0, 0.1) is 18.8 Å². The molecule has 232 valence electrons. The molecule has 0 radical (unpaired) electrons. The molecule has 0 unspecified atom stereocenters. The number of aromatic nitrogens is 2. The van der Waals surface area contributed by atoms with Gasteiger partial charge in [0.2, 0.25) is 0 Å². The van der Waals surface area contributed by atoms with Gasteiger partial charge < -0.3 is 19.1 Å². The Labute approximate surface area is 280 Å². The smallest absolute Gasteiger partial charge is 0.143 e. The van der Waals surface area contributed by atoms with Gasteiger partial charge in [-0.3, -0.25) is 0 Å². The number of anilines is 3. The van der Waals surface area contributed by atoms with E-state index in [2.05, 4.69) is 142 Å². The van der Waals surface area contributed by atoms with Crippen LogP contribution in [0.15, 0.2) is 91.1 Å². The van der Waals surface area contributed by atoms with Crippen LogP contribution in [0.3, 0.4) is 0 Å². The van der Waals surface area contributed by atoms with Crippen molar-refractivity contribution in [2.75, 3.05) is 16.8 Å². The van der Waals surface area contributed by atoms with Gasteiger partial charge in [0.25, 0.3) is 0 Å². The summed E-state index contributed by atoms with van der Waals surface area (Å²) in [7, 11) is 2.09. The molecule has 0 fully saturated rings. The maximum atomic E-state index is 6.57. The van der Waals surface area contributed by atoms with Gasteiger partial charge in [0.15, 0.2) is 0 Å². The van der Waals surface area contributed by atoms with Crippen molar-refractivity contribution in [2.24, 2.45) is 0 Å². The molecule has 2 aromatic heterocycles. The molecule has 0 aliphatic carbocycles. The van der Waals surface area contributed by atoms with Crippen LogP contribution in [0.5, 0.6) is 11.5 Å². The topological polar surface area (TPSA) is 33.5 Å². The first-order valence-corrected chi connectivity index (χ1v) is 15.1. The van der Waals surface area contributed by atoms with E-state index in [9.17, 15) is 0 Å². The maximum Gasteiger partial charge on any atom is 0.143 e. The molecule has 6 aromatic rings. The molecule has 3 heterocycles. The number of benzene rings is 4. The van der Waals surface area contributed by atoms with Gasteiger partial charge in [0.1, 0.15) is 5.65 Å². The summed E-state index contributed by atoms with van der Waals surface area (Å²) in [6, 6.07) is 36.6. The molecular weight excluding hydrogens is 736 g/mol. The molecule has 4 aromatic carbocycles. The quantitative estimate of drug-likeness (QED) is 0.167. The van der Waals surface area contributed by atoms with Crippen molar-refractivity contribution in [3.05, 3.63) is 121 Å². The van der Waals surface area contributed by atoms with Crippen molar-refractivity contribution >= 4 is 39.0 Å². The standard InChI is InChI=1S/C39H37N4O.Pt/c1-38(2,3)26-17-18-35-36(22-26)42(25-41(35)7)29-20-27(39(4,5)6)21-31(24-29)44-30-13-10-12-28(23-30)43-34-16-9-8-14-32(34)33-15-11-19-40-37(33)43;/h8-22,25H,1-7H3;/q-3;. The second-order valence-corrected chi connectivity index (χ2v) is 13.6. The molecule has 45 heavy (non-hydrogen) atoms. The van der Waals surface area contributed by atoms with Gasteiger partial charge in [-0.25, -0.2) is 4.98 Å². The minimum absolute atomic E-state index is 0. The molecule has 6 heteroatoms. The van der Waals surface area contributed by atoms with E-state index >= 15 is 0 Å². The first-order valence-electron chi connectivity index (χ1n) is 15.1. The van der Waals surface area contributed by atoms with Gasteiger partial charge in [-0.1, -0.05) is 71.5 Å². The first kappa shape index (κ1) is 30.9. The third-order valence-electron chi connectivity index (χ3n) is 8.37. The number of hydrogen-bond donors (Lipinski definition) is 0. The van der Waals surface area contributed by atoms with E-state index in [4.69, 9.17) is 9.72 Å². The fourth-order valence-corrected chi connectivity index (χ4v) is 5.90. The van der Waals surface area contributed by atoms with Crippen LogP contribution in [0.2, 0.25) is 0 Å². The van der Waals surface area contributed by atoms with E-state index in [1.807, 2.05) is 30.5 Å². The number of fused-ring (bicyclic) bond motifs is 4. The monoisotopic (exact) mass is 772 g/mol. The molecule has 0 saturated carbocycles. The summed E-state index contributed by atoms with van der Waals surface area (Å²) < 4.78 is 8.72. The van der Waals surface area contributed by atoms with Crippen LogP contribution in [0.25, 0.3) is 27.6 Å². The second-order valence-electron chi connectivity index (χ2n) is 13.6. The molecule has 0 amide bonds. The molecule has 0 atom stereocenters. The Kier molecular flexibility index (Phi) is 7.81. The van der Waals surface area contributed by atoms with E-state index < -0.39 is 0 Å². The average molecular weight is 773 g/mol. The van der Waals surface area contributed by atoms with Crippen LogP contribution in [0.1, 0.15) is 52.7 Å². The zero-order valence-electron chi connectivity index (χ0n) is 26.8. The third kappa shape index (κ3) is 5.64. The van der Waals surface area contributed by atoms with Crippen molar-refractivity contribution in [1.29, 1.82) is 0 Å². The zero-order chi connectivity index (χ0) is 30.8. The van der Waals surface area contributed by atoms with Crippen LogP contribution in [-0.4, -0.2) is 16.6 Å². The Hall–Kier alpha value is -4.08. The molecule has 0 saturated heterocycles. The SMILES string of the molecule is CN1[CH-]N(c2[c-]c(Oc3[c-]c(-n4c5ccccc5c5cccnc54)ccc3)cc(C(C)(C)C)c2)c2cc(C(C)(C)C)ccc21.[Pt]. The van der Waals surface area contributed by atoms with Crippen LogP contribution in [0.4, 0.5) is 17.1 Å². The van der Waals surface area contributed by atoms with Gasteiger partial charge in [-0.2, -0.15) is 12.7 Å². The zero-order valence-corrected chi connectivity index (χ0v) is 29.0.